The van der Waals surface area contributed by atoms with Crippen LogP contribution < -0.4 is 15.4 Å². The molecule has 0 atom stereocenters. The van der Waals surface area contributed by atoms with Crippen LogP contribution in [0, 0.1) is 11.3 Å². The van der Waals surface area contributed by atoms with Crippen molar-refractivity contribution in [2.45, 2.75) is 12.6 Å². The van der Waals surface area contributed by atoms with E-state index in [0.29, 0.717) is 11.1 Å². The summed E-state index contributed by atoms with van der Waals surface area (Å²) in [6, 6.07) is 13.3. The van der Waals surface area contributed by atoms with Gasteiger partial charge in [-0.15, -0.1) is 0 Å². The molecule has 0 bridgehead atoms. The van der Waals surface area contributed by atoms with Crippen molar-refractivity contribution in [3.05, 3.63) is 71.0 Å². The number of rotatable bonds is 8. The topological polar surface area (TPSA) is 141 Å². The summed E-state index contributed by atoms with van der Waals surface area (Å²) >= 11 is 5.94. The number of carbonyl (C=O) groups is 3. The molecule has 0 fully saturated rings. The summed E-state index contributed by atoms with van der Waals surface area (Å²) in [6.45, 7) is -1.67. The van der Waals surface area contributed by atoms with Gasteiger partial charge in [-0.3, -0.25) is 14.9 Å². The highest BCUT2D eigenvalue weighted by atomic mass is 35.5. The number of aromatic nitrogens is 1. The van der Waals surface area contributed by atoms with Crippen LogP contribution in [0.5, 0.6) is 5.75 Å². The van der Waals surface area contributed by atoms with Gasteiger partial charge < -0.3 is 15.2 Å². The molecule has 9 nitrogen and oxygen atoms in total. The molecule has 3 N–H and O–H groups in total. The normalized spacial score (nSPS) is 10.8. The van der Waals surface area contributed by atoms with E-state index < -0.39 is 42.7 Å². The smallest absolute Gasteiger partial charge is 0.422 e. The van der Waals surface area contributed by atoms with E-state index >= 15 is 0 Å². The molecule has 0 aliphatic heterocycles. The number of carbonyl (C=O) groups excluding carboxylic acids is 2. The molecule has 190 valence electrons. The number of carboxylic acid groups (broad SMARTS) is 1. The van der Waals surface area contributed by atoms with Crippen LogP contribution in [0.15, 0.2) is 54.7 Å². The molecule has 0 saturated carbocycles. The number of halogens is 4. The van der Waals surface area contributed by atoms with Crippen molar-refractivity contribution in [3.63, 3.8) is 0 Å². The molecule has 2 aromatic carbocycles. The average Bonchev–Trinajstić information content (AvgIpc) is 2.84. The Kier molecular flexibility index (Phi) is 8.31. The van der Waals surface area contributed by atoms with Gasteiger partial charge in [-0.1, -0.05) is 29.8 Å². The fourth-order valence-corrected chi connectivity index (χ4v) is 3.35. The summed E-state index contributed by atoms with van der Waals surface area (Å²) < 4.78 is 42.0. The predicted octanol–water partition coefficient (Wildman–Crippen LogP) is 5.52. The van der Waals surface area contributed by atoms with Crippen LogP contribution in [-0.2, 0) is 4.79 Å². The Bertz CT molecular complexity index is 1410. The van der Waals surface area contributed by atoms with Gasteiger partial charge in [0.2, 0.25) is 5.91 Å². The number of ketones is 1. The molecule has 1 heterocycles. The number of nitrogens with zero attached hydrogens (tertiary/aromatic N) is 2. The summed E-state index contributed by atoms with van der Waals surface area (Å²) in [7, 11) is 0. The fourth-order valence-electron chi connectivity index (χ4n) is 3.13. The Labute approximate surface area is 212 Å². The number of ether oxygens (including phenoxy) is 1. The second-order valence-electron chi connectivity index (χ2n) is 7.43. The summed E-state index contributed by atoms with van der Waals surface area (Å²) in [5.74, 6) is -1.87. The molecule has 0 aliphatic rings. The van der Waals surface area contributed by atoms with Gasteiger partial charge >= 0.3 is 12.3 Å². The van der Waals surface area contributed by atoms with Gasteiger partial charge in [-0.05, 0) is 35.4 Å². The molecule has 3 rings (SSSR count). The third-order valence-corrected chi connectivity index (χ3v) is 4.99. The molecule has 0 spiro atoms. The molecule has 0 aliphatic carbocycles. The maximum atomic E-state index is 12.7. The minimum Gasteiger partial charge on any atom is -0.482 e. The summed E-state index contributed by atoms with van der Waals surface area (Å²) in [6.07, 6.45) is -5.42. The number of hydrogen-bond donors (Lipinski definition) is 3. The first kappa shape index (κ1) is 27.0. The van der Waals surface area contributed by atoms with Crippen LogP contribution in [0.2, 0.25) is 5.02 Å². The van der Waals surface area contributed by atoms with Crippen LogP contribution >= 0.6 is 11.6 Å². The van der Waals surface area contributed by atoms with Gasteiger partial charge in [0.15, 0.2) is 12.4 Å². The van der Waals surface area contributed by atoms with E-state index in [1.807, 2.05) is 11.4 Å². The number of benzene rings is 2. The van der Waals surface area contributed by atoms with Crippen LogP contribution in [0.1, 0.15) is 22.5 Å². The highest BCUT2D eigenvalue weighted by molar-refractivity contribution is 6.32. The summed E-state index contributed by atoms with van der Waals surface area (Å²) in [5.41, 5.74) is 1.12. The number of alkyl halides is 3. The fraction of sp³-hybridized carbons (Fsp3) is 0.125. The number of amides is 2. The minimum atomic E-state index is -4.66. The largest absolute Gasteiger partial charge is 0.482 e. The number of hydrogen-bond acceptors (Lipinski definition) is 6. The Balaban J connectivity index is 1.77. The Hall–Kier alpha value is -4.63. The maximum absolute atomic E-state index is 12.7. The van der Waals surface area contributed by atoms with Crippen molar-refractivity contribution < 1.29 is 37.4 Å². The predicted molar refractivity (Wildman–Crippen MR) is 127 cm³/mol. The van der Waals surface area contributed by atoms with Crippen LogP contribution in [0.3, 0.4) is 0 Å². The van der Waals surface area contributed by atoms with E-state index in [-0.39, 0.29) is 27.7 Å². The van der Waals surface area contributed by atoms with E-state index in [4.69, 9.17) is 22.0 Å². The SMILES string of the molecule is N#Cc1cc(-c2cccc(C(=O)CC(=O)Nc3cc(Cl)c(OCC(F)(F)F)cc3NC(=O)O)c2)ccn1. The molecule has 37 heavy (non-hydrogen) atoms. The lowest BCUT2D eigenvalue weighted by molar-refractivity contribution is -0.153. The number of nitriles is 1. The van der Waals surface area contributed by atoms with Crippen molar-refractivity contribution in [1.82, 2.24) is 4.98 Å². The molecular formula is C24H16ClF3N4O5. The second-order valence-corrected chi connectivity index (χ2v) is 7.84. The lowest BCUT2D eigenvalue weighted by Crippen LogP contribution is -2.20. The summed E-state index contributed by atoms with van der Waals surface area (Å²) in [4.78, 5) is 40.3. The molecule has 0 saturated heterocycles. The number of Topliss-reactive ketones (excluding diaryl/α,β-unsaturated/α-hetero) is 1. The molecule has 13 heteroatoms. The standard InChI is InChI=1S/C24H16ClF3N4O5/c25-17-8-18(19(32-23(35)36)9-21(17)37-12-24(26,27)28)31-22(34)10-20(33)15-3-1-2-13(6-15)14-4-5-30-16(7-14)11-29/h1-9,32H,10,12H2,(H,31,34)(H,35,36). The molecule has 0 unspecified atom stereocenters. The zero-order valence-corrected chi connectivity index (χ0v) is 19.4. The second kappa shape index (κ2) is 11.4. The zero-order valence-electron chi connectivity index (χ0n) is 18.6. The van der Waals surface area contributed by atoms with Gasteiger partial charge in [-0.25, -0.2) is 9.78 Å². The number of anilines is 2. The van der Waals surface area contributed by atoms with E-state index in [1.54, 1.807) is 24.3 Å². The van der Waals surface area contributed by atoms with Crippen LogP contribution in [0.25, 0.3) is 11.1 Å². The first-order chi connectivity index (χ1) is 17.4. The molecule has 1 aromatic heterocycles. The lowest BCUT2D eigenvalue weighted by Gasteiger charge is -2.16. The van der Waals surface area contributed by atoms with Gasteiger partial charge in [0.05, 0.1) is 22.8 Å². The van der Waals surface area contributed by atoms with Gasteiger partial charge in [0, 0.05) is 17.8 Å². The molecule has 2 amide bonds. The van der Waals surface area contributed by atoms with Crippen molar-refractivity contribution in [2.75, 3.05) is 17.2 Å². The van der Waals surface area contributed by atoms with Crippen molar-refractivity contribution >= 4 is 40.8 Å². The highest BCUT2D eigenvalue weighted by Crippen LogP contribution is 2.36. The number of nitrogens with one attached hydrogen (secondary N) is 2. The van der Waals surface area contributed by atoms with Crippen molar-refractivity contribution in [2.24, 2.45) is 0 Å². The average molecular weight is 533 g/mol. The quantitative estimate of drug-likeness (QED) is 0.256. The van der Waals surface area contributed by atoms with E-state index in [9.17, 15) is 27.6 Å². The van der Waals surface area contributed by atoms with E-state index in [0.717, 1.165) is 12.1 Å². The minimum absolute atomic E-state index is 0.188. The first-order valence-corrected chi connectivity index (χ1v) is 10.7. The zero-order chi connectivity index (χ0) is 27.2. The highest BCUT2D eigenvalue weighted by Gasteiger charge is 2.29. The van der Waals surface area contributed by atoms with Gasteiger partial charge in [-0.2, -0.15) is 18.4 Å². The van der Waals surface area contributed by atoms with Crippen LogP contribution in [0.4, 0.5) is 29.3 Å². The molecule has 3 aromatic rings. The van der Waals surface area contributed by atoms with Gasteiger partial charge in [0.25, 0.3) is 0 Å². The Morgan fingerprint density at radius 3 is 2.43 bits per heavy atom. The van der Waals surface area contributed by atoms with Crippen LogP contribution in [-0.4, -0.2) is 40.7 Å². The maximum Gasteiger partial charge on any atom is 0.422 e. The van der Waals surface area contributed by atoms with Crippen molar-refractivity contribution in [3.8, 4) is 22.9 Å². The van der Waals surface area contributed by atoms with E-state index in [2.05, 4.69) is 15.0 Å². The number of pyridine rings is 1. The lowest BCUT2D eigenvalue weighted by atomic mass is 10.0. The van der Waals surface area contributed by atoms with E-state index in [1.165, 1.54) is 18.3 Å². The third kappa shape index (κ3) is 7.68. The summed E-state index contributed by atoms with van der Waals surface area (Å²) in [5, 5.41) is 22.0. The van der Waals surface area contributed by atoms with Gasteiger partial charge in [0.1, 0.15) is 17.5 Å². The molecule has 0 radical (unpaired) electrons. The van der Waals surface area contributed by atoms with Crippen molar-refractivity contribution in [1.29, 1.82) is 5.26 Å². The monoisotopic (exact) mass is 532 g/mol. The Morgan fingerprint density at radius 1 is 1.05 bits per heavy atom. The third-order valence-electron chi connectivity index (χ3n) is 4.69. The Morgan fingerprint density at radius 2 is 1.76 bits per heavy atom. The molecular weight excluding hydrogens is 517 g/mol. The first-order valence-electron chi connectivity index (χ1n) is 10.3.